The highest BCUT2D eigenvalue weighted by Gasteiger charge is 2.44. The number of pyridine rings is 1. The van der Waals surface area contributed by atoms with Gasteiger partial charge in [0, 0.05) is 43.5 Å². The Labute approximate surface area is 249 Å². The average molecular weight is 586 g/mol. The fourth-order valence-corrected chi connectivity index (χ4v) is 6.30. The molecule has 0 radical (unpaired) electrons. The number of nitrogens with zero attached hydrogens (tertiary/aromatic N) is 6. The summed E-state index contributed by atoms with van der Waals surface area (Å²) in [4.78, 5) is 39.9. The second-order valence-electron chi connectivity index (χ2n) is 11.7. The molecule has 4 aliphatic heterocycles. The second kappa shape index (κ2) is 10.8. The Kier molecular flexibility index (Phi) is 6.89. The van der Waals surface area contributed by atoms with Crippen molar-refractivity contribution in [3.63, 3.8) is 0 Å². The van der Waals surface area contributed by atoms with Crippen LogP contribution in [0.25, 0.3) is 11.3 Å². The van der Waals surface area contributed by atoms with Crippen molar-refractivity contribution in [3.05, 3.63) is 47.8 Å². The number of aryl methyl sites for hydroxylation is 2. The molecule has 224 valence electrons. The molecule has 43 heavy (non-hydrogen) atoms. The molecule has 2 amide bonds. The smallest absolute Gasteiger partial charge is 0.280 e. The lowest BCUT2D eigenvalue weighted by Gasteiger charge is -2.37. The summed E-state index contributed by atoms with van der Waals surface area (Å²) in [5.74, 6) is 0.141. The molecule has 1 N–H and O–H groups in total. The molecule has 6 heterocycles. The summed E-state index contributed by atoms with van der Waals surface area (Å²) in [6.45, 7) is 6.73. The van der Waals surface area contributed by atoms with Gasteiger partial charge in [0.1, 0.15) is 0 Å². The fraction of sp³-hybridized carbons (Fsp3) is 0.452. The predicted molar refractivity (Wildman–Crippen MR) is 160 cm³/mol. The van der Waals surface area contributed by atoms with E-state index in [9.17, 15) is 9.59 Å². The molecule has 12 nitrogen and oxygen atoms in total. The first kappa shape index (κ1) is 27.5. The lowest BCUT2D eigenvalue weighted by Crippen LogP contribution is -2.48. The standard InChI is InChI=1S/C31H35N7O5/c1-19-5-4-10-41-29-23(17-32-36(29)3)25-14-21(13-20(2)33-25)28(40)35-30-34-24-7-6-22(15-26(24)38(30)18-19)37-9-8-31(16-27(37)39)42-11-12-43-31/h6-7,13-15,17,19H,4-5,8-12,16,18H2,1-3H3,(H,34,35,40)/t19-/m1/s1. The minimum absolute atomic E-state index is 0.0337. The van der Waals surface area contributed by atoms with Crippen molar-refractivity contribution in [1.29, 1.82) is 0 Å². The number of carbonyl (C=O) groups excluding carboxylic acids is 2. The third kappa shape index (κ3) is 5.14. The van der Waals surface area contributed by atoms with Crippen molar-refractivity contribution in [2.24, 2.45) is 18.0 Å². The predicted octanol–water partition coefficient (Wildman–Crippen LogP) is 3.90. The van der Waals surface area contributed by atoms with Gasteiger partial charge in [-0.3, -0.25) is 14.6 Å². The number of hydrogen-bond acceptors (Lipinski definition) is 9. The van der Waals surface area contributed by atoms with E-state index in [0.717, 1.165) is 35.5 Å². The molecule has 0 unspecified atom stereocenters. The minimum Gasteiger partial charge on any atom is -0.477 e. The van der Waals surface area contributed by atoms with Crippen LogP contribution < -0.4 is 19.9 Å². The van der Waals surface area contributed by atoms with E-state index in [4.69, 9.17) is 14.2 Å². The molecule has 2 bridgehead atoms. The minimum atomic E-state index is -0.790. The fourth-order valence-electron chi connectivity index (χ4n) is 6.30. The van der Waals surface area contributed by atoms with E-state index >= 15 is 0 Å². The quantitative estimate of drug-likeness (QED) is 0.453. The first-order chi connectivity index (χ1) is 20.8. The number of benzene rings is 1. The van der Waals surface area contributed by atoms with Crippen LogP contribution in [-0.2, 0) is 21.3 Å². The van der Waals surface area contributed by atoms with Gasteiger partial charge in [0.25, 0.3) is 5.91 Å². The van der Waals surface area contributed by atoms with Gasteiger partial charge in [0.15, 0.2) is 5.79 Å². The topological polar surface area (TPSA) is 123 Å². The number of aromatic nitrogens is 3. The number of guanidine groups is 1. The first-order valence-electron chi connectivity index (χ1n) is 14.8. The van der Waals surface area contributed by atoms with Crippen molar-refractivity contribution >= 4 is 34.8 Å². The Hall–Kier alpha value is -4.29. The third-order valence-electron chi connectivity index (χ3n) is 8.48. The molecule has 4 aliphatic rings. The van der Waals surface area contributed by atoms with E-state index in [0.29, 0.717) is 68.1 Å². The highest BCUT2D eigenvalue weighted by Crippen LogP contribution is 2.40. The van der Waals surface area contributed by atoms with Gasteiger partial charge in [-0.25, -0.2) is 4.68 Å². The lowest BCUT2D eigenvalue weighted by molar-refractivity contribution is -0.177. The van der Waals surface area contributed by atoms with E-state index < -0.39 is 5.79 Å². The molecule has 7 rings (SSSR count). The van der Waals surface area contributed by atoms with Crippen molar-refractivity contribution in [3.8, 4) is 17.1 Å². The van der Waals surface area contributed by atoms with E-state index in [1.165, 1.54) is 0 Å². The van der Waals surface area contributed by atoms with Crippen LogP contribution in [-0.4, -0.2) is 71.2 Å². The number of anilines is 3. The van der Waals surface area contributed by atoms with Crippen LogP contribution in [0.5, 0.6) is 5.88 Å². The maximum Gasteiger partial charge on any atom is 0.280 e. The summed E-state index contributed by atoms with van der Waals surface area (Å²) in [6.07, 6.45) is 4.27. The highest BCUT2D eigenvalue weighted by molar-refractivity contribution is 6.19. The van der Waals surface area contributed by atoms with Crippen molar-refractivity contribution in [2.75, 3.05) is 48.0 Å². The normalized spacial score (nSPS) is 23.0. The Bertz CT molecular complexity index is 1630. The number of fused-ring (bicyclic) bond motifs is 7. The van der Waals surface area contributed by atoms with Gasteiger partial charge < -0.3 is 29.3 Å². The Morgan fingerprint density at radius 2 is 1.91 bits per heavy atom. The van der Waals surface area contributed by atoms with Crippen LogP contribution in [0.3, 0.4) is 0 Å². The Morgan fingerprint density at radius 3 is 2.72 bits per heavy atom. The van der Waals surface area contributed by atoms with E-state index in [-0.39, 0.29) is 24.2 Å². The van der Waals surface area contributed by atoms with Crippen LogP contribution in [0.2, 0.25) is 0 Å². The van der Waals surface area contributed by atoms with Crippen molar-refractivity contribution in [2.45, 2.75) is 45.3 Å². The molecule has 3 aromatic rings. The molecule has 2 fully saturated rings. The average Bonchev–Trinajstić information content (AvgIpc) is 3.68. The monoisotopic (exact) mass is 585 g/mol. The Balaban J connectivity index is 1.23. The van der Waals surface area contributed by atoms with Crippen LogP contribution in [0.15, 0.2) is 41.5 Å². The highest BCUT2D eigenvalue weighted by atomic mass is 16.7. The van der Waals surface area contributed by atoms with Crippen LogP contribution >= 0.6 is 0 Å². The molecule has 0 aliphatic carbocycles. The molecule has 0 saturated carbocycles. The number of nitrogens with one attached hydrogen (secondary N) is 1. The summed E-state index contributed by atoms with van der Waals surface area (Å²) < 4.78 is 19.4. The number of ether oxygens (including phenoxy) is 3. The van der Waals surface area contributed by atoms with Gasteiger partial charge in [-0.05, 0) is 56.0 Å². The summed E-state index contributed by atoms with van der Waals surface area (Å²) in [7, 11) is 1.83. The van der Waals surface area contributed by atoms with Gasteiger partial charge in [-0.1, -0.05) is 6.92 Å². The third-order valence-corrected chi connectivity index (χ3v) is 8.48. The molecule has 1 aromatic carbocycles. The van der Waals surface area contributed by atoms with E-state index in [1.807, 2.05) is 32.2 Å². The van der Waals surface area contributed by atoms with Gasteiger partial charge >= 0.3 is 0 Å². The molecule has 2 saturated heterocycles. The van der Waals surface area contributed by atoms with Gasteiger partial charge in [0.05, 0.1) is 55.1 Å². The van der Waals surface area contributed by atoms with E-state index in [1.54, 1.807) is 27.9 Å². The number of carbonyl (C=O) groups is 2. The van der Waals surface area contributed by atoms with Crippen molar-refractivity contribution < 1.29 is 23.8 Å². The number of hydrogen-bond donors (Lipinski definition) is 1. The molecule has 2 aromatic heterocycles. The maximum absolute atomic E-state index is 13.6. The molecular formula is C31H35N7O5. The zero-order chi connectivity index (χ0) is 29.7. The van der Waals surface area contributed by atoms with Gasteiger partial charge in [-0.2, -0.15) is 10.1 Å². The first-order valence-corrected chi connectivity index (χ1v) is 14.8. The van der Waals surface area contributed by atoms with Crippen LogP contribution in [0.4, 0.5) is 17.1 Å². The van der Waals surface area contributed by atoms with Crippen molar-refractivity contribution in [1.82, 2.24) is 14.8 Å². The number of rotatable bonds is 1. The number of piperidine rings is 1. The summed E-state index contributed by atoms with van der Waals surface area (Å²) in [5.41, 5.74) is 4.98. The van der Waals surface area contributed by atoms with Gasteiger partial charge in [-0.15, -0.1) is 0 Å². The zero-order valence-electron chi connectivity index (χ0n) is 24.6. The van der Waals surface area contributed by atoms with Crippen LogP contribution in [0, 0.1) is 12.8 Å². The number of aliphatic imine (C=N–C) groups is 1. The van der Waals surface area contributed by atoms with Crippen LogP contribution in [0.1, 0.15) is 48.7 Å². The largest absolute Gasteiger partial charge is 0.477 e. The molecular weight excluding hydrogens is 550 g/mol. The van der Waals surface area contributed by atoms with Gasteiger partial charge in [0.2, 0.25) is 17.7 Å². The SMILES string of the molecule is Cc1cc2cc(n1)-c1cnn(C)c1OCCC[C@@H](C)CN1/C(=N/C2=O)Nc2ccc(N3CCC4(CC3=O)OCCO4)cc21. The molecule has 1 spiro atoms. The number of amides is 2. The Morgan fingerprint density at radius 1 is 1.07 bits per heavy atom. The maximum atomic E-state index is 13.6. The van der Waals surface area contributed by atoms with E-state index in [2.05, 4.69) is 32.2 Å². The molecule has 12 heteroatoms. The second-order valence-corrected chi connectivity index (χ2v) is 11.7. The zero-order valence-corrected chi connectivity index (χ0v) is 24.6. The summed E-state index contributed by atoms with van der Waals surface area (Å²) in [5, 5.41) is 7.73. The lowest BCUT2D eigenvalue weighted by atomic mass is 10.0. The summed E-state index contributed by atoms with van der Waals surface area (Å²) in [6, 6.07) is 9.36. The summed E-state index contributed by atoms with van der Waals surface area (Å²) >= 11 is 0. The molecule has 1 atom stereocenters.